The van der Waals surface area contributed by atoms with Crippen LogP contribution < -0.4 is 5.48 Å². The lowest BCUT2D eigenvalue weighted by atomic mass is 9.48. The molecule has 0 aromatic heterocycles. The predicted molar refractivity (Wildman–Crippen MR) is 61.3 cm³/mol. The molecule has 0 radical (unpaired) electrons. The van der Waals surface area contributed by atoms with Gasteiger partial charge < -0.3 is 9.94 Å². The van der Waals surface area contributed by atoms with E-state index in [1.165, 1.54) is 26.4 Å². The first kappa shape index (κ1) is 11.5. The highest BCUT2D eigenvalue weighted by Gasteiger charge is 2.56. The molecule has 0 heterocycles. The van der Waals surface area contributed by atoms with Crippen LogP contribution in [0.2, 0.25) is 0 Å². The molecule has 0 unspecified atom stereocenters. The van der Waals surface area contributed by atoms with Crippen LogP contribution in [0.25, 0.3) is 0 Å². The lowest BCUT2D eigenvalue weighted by molar-refractivity contribution is -0.162. The molecule has 0 saturated heterocycles. The van der Waals surface area contributed by atoms with E-state index in [0.29, 0.717) is 0 Å². The van der Waals surface area contributed by atoms with E-state index in [2.05, 4.69) is 5.48 Å². The van der Waals surface area contributed by atoms with E-state index in [-0.39, 0.29) is 11.4 Å². The fraction of sp³-hybridized carbons (Fsp3) is 0.923. The van der Waals surface area contributed by atoms with Gasteiger partial charge in [0.15, 0.2) is 0 Å². The molecule has 96 valence electrons. The molecule has 0 amide bonds. The molecular weight excluding hydrogens is 218 g/mol. The molecule has 2 N–H and O–H groups in total. The summed E-state index contributed by atoms with van der Waals surface area (Å²) >= 11 is 0. The highest BCUT2D eigenvalue weighted by Crippen LogP contribution is 2.61. The van der Waals surface area contributed by atoms with Gasteiger partial charge in [-0.1, -0.05) is 0 Å². The van der Waals surface area contributed by atoms with Crippen molar-refractivity contribution in [3.8, 4) is 0 Å². The molecule has 4 aliphatic carbocycles. The Bertz CT molecular complexity index is 293. The van der Waals surface area contributed by atoms with Crippen molar-refractivity contribution in [2.75, 3.05) is 7.11 Å². The SMILES string of the molecule is COC(=O)[C@@H](NO)C12CC3CC(CC(C3)C1)C2. The van der Waals surface area contributed by atoms with Gasteiger partial charge in [-0.05, 0) is 61.7 Å². The van der Waals surface area contributed by atoms with Crippen molar-refractivity contribution in [1.29, 1.82) is 0 Å². The van der Waals surface area contributed by atoms with E-state index in [0.717, 1.165) is 37.0 Å². The normalized spacial score (nSPS) is 44.7. The lowest BCUT2D eigenvalue weighted by Crippen LogP contribution is -2.58. The molecule has 4 fully saturated rings. The molecule has 0 aromatic carbocycles. The number of nitrogens with one attached hydrogen (secondary N) is 1. The highest BCUT2D eigenvalue weighted by molar-refractivity contribution is 5.76. The molecule has 4 aliphatic rings. The zero-order chi connectivity index (χ0) is 12.0. The highest BCUT2D eigenvalue weighted by atomic mass is 16.5. The van der Waals surface area contributed by atoms with Crippen LogP contribution >= 0.6 is 0 Å². The maximum atomic E-state index is 11.8. The van der Waals surface area contributed by atoms with E-state index in [9.17, 15) is 10.0 Å². The Morgan fingerprint density at radius 1 is 1.24 bits per heavy atom. The van der Waals surface area contributed by atoms with Gasteiger partial charge in [0, 0.05) is 0 Å². The molecule has 4 heteroatoms. The summed E-state index contributed by atoms with van der Waals surface area (Å²) in [6.07, 6.45) is 7.22. The minimum absolute atomic E-state index is 0.0450. The summed E-state index contributed by atoms with van der Waals surface area (Å²) in [6, 6.07) is -0.527. The smallest absolute Gasteiger partial charge is 0.325 e. The molecule has 4 nitrogen and oxygen atoms in total. The van der Waals surface area contributed by atoms with Crippen molar-refractivity contribution >= 4 is 5.97 Å². The summed E-state index contributed by atoms with van der Waals surface area (Å²) < 4.78 is 4.83. The van der Waals surface area contributed by atoms with Crippen LogP contribution in [0.5, 0.6) is 0 Å². The summed E-state index contributed by atoms with van der Waals surface area (Å²) in [5.41, 5.74) is 2.19. The van der Waals surface area contributed by atoms with Crippen LogP contribution in [-0.2, 0) is 9.53 Å². The summed E-state index contributed by atoms with van der Waals surface area (Å²) in [7, 11) is 1.40. The van der Waals surface area contributed by atoms with Gasteiger partial charge in [-0.25, -0.2) is 0 Å². The summed E-state index contributed by atoms with van der Waals surface area (Å²) in [4.78, 5) is 11.8. The standard InChI is InChI=1S/C13H21NO3/c1-17-12(15)11(14-16)13-5-8-2-9(6-13)4-10(3-8)7-13/h8-11,14,16H,2-7H2,1H3/t8?,9?,10?,11-,13?/m1/s1. The minimum atomic E-state index is -0.527. The van der Waals surface area contributed by atoms with Crippen molar-refractivity contribution in [2.45, 2.75) is 44.6 Å². The largest absolute Gasteiger partial charge is 0.468 e. The minimum Gasteiger partial charge on any atom is -0.468 e. The second-order valence-electron chi connectivity index (χ2n) is 6.37. The van der Waals surface area contributed by atoms with Gasteiger partial charge in [-0.2, -0.15) is 5.48 Å². The Kier molecular flexibility index (Phi) is 2.67. The van der Waals surface area contributed by atoms with Crippen LogP contribution in [-0.4, -0.2) is 24.3 Å². The third-order valence-corrected chi connectivity index (χ3v) is 5.26. The molecule has 0 aromatic rings. The Hall–Kier alpha value is -0.610. The fourth-order valence-electron chi connectivity index (χ4n) is 5.09. The number of hydroxylamine groups is 1. The van der Waals surface area contributed by atoms with E-state index < -0.39 is 6.04 Å². The molecule has 4 rings (SSSR count). The quantitative estimate of drug-likeness (QED) is 0.581. The number of esters is 1. The van der Waals surface area contributed by atoms with Crippen LogP contribution in [0.1, 0.15) is 38.5 Å². The zero-order valence-corrected chi connectivity index (χ0v) is 10.3. The summed E-state index contributed by atoms with van der Waals surface area (Å²) in [5, 5.41) is 9.34. The molecular formula is C13H21NO3. The first-order valence-corrected chi connectivity index (χ1v) is 6.64. The van der Waals surface area contributed by atoms with Gasteiger partial charge in [0.2, 0.25) is 0 Å². The van der Waals surface area contributed by atoms with Gasteiger partial charge in [0.05, 0.1) is 7.11 Å². The number of methoxy groups -OCH3 is 1. The number of hydrogen-bond donors (Lipinski definition) is 2. The van der Waals surface area contributed by atoms with E-state index in [4.69, 9.17) is 4.74 Å². The Morgan fingerprint density at radius 3 is 2.06 bits per heavy atom. The van der Waals surface area contributed by atoms with E-state index in [1.807, 2.05) is 0 Å². The van der Waals surface area contributed by atoms with Crippen molar-refractivity contribution in [1.82, 2.24) is 5.48 Å². The van der Waals surface area contributed by atoms with Crippen LogP contribution in [0.4, 0.5) is 0 Å². The summed E-state index contributed by atoms with van der Waals surface area (Å²) in [5.74, 6) is 1.99. The van der Waals surface area contributed by atoms with Crippen molar-refractivity contribution < 1.29 is 14.7 Å². The van der Waals surface area contributed by atoms with Gasteiger partial charge in [-0.15, -0.1) is 0 Å². The predicted octanol–water partition coefficient (Wildman–Crippen LogP) is 1.72. The number of hydrogen-bond acceptors (Lipinski definition) is 4. The Balaban J connectivity index is 1.87. The first-order valence-electron chi connectivity index (χ1n) is 6.64. The van der Waals surface area contributed by atoms with Gasteiger partial charge in [0.25, 0.3) is 0 Å². The summed E-state index contributed by atoms with van der Waals surface area (Å²) in [6.45, 7) is 0. The molecule has 4 saturated carbocycles. The number of rotatable bonds is 3. The maximum Gasteiger partial charge on any atom is 0.325 e. The van der Waals surface area contributed by atoms with Crippen molar-refractivity contribution in [3.05, 3.63) is 0 Å². The van der Waals surface area contributed by atoms with Crippen molar-refractivity contribution in [3.63, 3.8) is 0 Å². The lowest BCUT2D eigenvalue weighted by Gasteiger charge is -2.58. The van der Waals surface area contributed by atoms with Gasteiger partial charge in [0.1, 0.15) is 6.04 Å². The average molecular weight is 239 g/mol. The Labute approximate surface area is 102 Å². The second-order valence-corrected chi connectivity index (χ2v) is 6.37. The van der Waals surface area contributed by atoms with Crippen LogP contribution in [0.3, 0.4) is 0 Å². The third-order valence-electron chi connectivity index (χ3n) is 5.26. The average Bonchev–Trinajstić information content (AvgIpc) is 2.27. The van der Waals surface area contributed by atoms with E-state index >= 15 is 0 Å². The van der Waals surface area contributed by atoms with E-state index in [1.54, 1.807) is 0 Å². The monoisotopic (exact) mass is 239 g/mol. The molecule has 1 atom stereocenters. The first-order chi connectivity index (χ1) is 8.16. The van der Waals surface area contributed by atoms with Crippen LogP contribution in [0, 0.1) is 23.2 Å². The molecule has 4 bridgehead atoms. The van der Waals surface area contributed by atoms with Gasteiger partial charge >= 0.3 is 5.97 Å². The zero-order valence-electron chi connectivity index (χ0n) is 10.3. The van der Waals surface area contributed by atoms with Crippen molar-refractivity contribution in [2.24, 2.45) is 23.2 Å². The number of carbonyl (C=O) groups is 1. The molecule has 0 aliphatic heterocycles. The Morgan fingerprint density at radius 2 is 1.71 bits per heavy atom. The number of carbonyl (C=O) groups excluding carboxylic acids is 1. The second kappa shape index (κ2) is 3.95. The topological polar surface area (TPSA) is 58.6 Å². The van der Waals surface area contributed by atoms with Gasteiger partial charge in [-0.3, -0.25) is 4.79 Å². The molecule has 0 spiro atoms. The number of ether oxygens (including phenoxy) is 1. The fourth-order valence-corrected chi connectivity index (χ4v) is 5.09. The maximum absolute atomic E-state index is 11.8. The molecule has 17 heavy (non-hydrogen) atoms. The third kappa shape index (κ3) is 1.69. The van der Waals surface area contributed by atoms with Crippen LogP contribution in [0.15, 0.2) is 0 Å².